The Morgan fingerprint density at radius 1 is 1.18 bits per heavy atom. The van der Waals surface area contributed by atoms with Crippen LogP contribution in [0.2, 0.25) is 0 Å². The zero-order valence-corrected chi connectivity index (χ0v) is 17.3. The molecule has 1 aromatic carbocycles. The van der Waals surface area contributed by atoms with Crippen molar-refractivity contribution in [3.05, 3.63) is 29.8 Å². The molecule has 3 rings (SSSR count). The third kappa shape index (κ3) is 5.02. The maximum Gasteiger partial charge on any atom is 0.246 e. The zero-order chi connectivity index (χ0) is 20.0. The number of aryl methyl sites for hydroxylation is 1. The molecular formula is C21H33N5O2. The fourth-order valence-corrected chi connectivity index (χ4v) is 3.85. The van der Waals surface area contributed by atoms with Crippen LogP contribution in [0.3, 0.4) is 0 Å². The molecule has 7 heteroatoms. The minimum absolute atomic E-state index is 0.0166. The average molecular weight is 388 g/mol. The SMILES string of the molecule is CN=C(NCC(=O)N1CCCc2ccccc21)NCC(C)(C)N1CCOCC1. The van der Waals surface area contributed by atoms with Gasteiger partial charge in [-0.1, -0.05) is 18.2 Å². The van der Waals surface area contributed by atoms with Gasteiger partial charge in [-0.3, -0.25) is 14.7 Å². The lowest BCUT2D eigenvalue weighted by Crippen LogP contribution is -2.57. The van der Waals surface area contributed by atoms with Gasteiger partial charge in [0.1, 0.15) is 0 Å². The summed E-state index contributed by atoms with van der Waals surface area (Å²) >= 11 is 0. The number of carbonyl (C=O) groups excluding carboxylic acids is 1. The van der Waals surface area contributed by atoms with E-state index in [0.29, 0.717) is 5.96 Å². The van der Waals surface area contributed by atoms with E-state index in [4.69, 9.17) is 4.74 Å². The second-order valence-corrected chi connectivity index (χ2v) is 7.97. The lowest BCUT2D eigenvalue weighted by molar-refractivity contribution is -0.117. The molecule has 0 aliphatic carbocycles. The van der Waals surface area contributed by atoms with Gasteiger partial charge in [-0.2, -0.15) is 0 Å². The van der Waals surface area contributed by atoms with Crippen LogP contribution < -0.4 is 15.5 Å². The summed E-state index contributed by atoms with van der Waals surface area (Å²) in [5, 5.41) is 6.55. The van der Waals surface area contributed by atoms with Gasteiger partial charge in [0.05, 0.1) is 19.8 Å². The second kappa shape index (κ2) is 9.39. The highest BCUT2D eigenvalue weighted by Gasteiger charge is 2.28. The molecule has 0 atom stereocenters. The number of hydrogen-bond donors (Lipinski definition) is 2. The lowest BCUT2D eigenvalue weighted by atomic mass is 10.0. The summed E-state index contributed by atoms with van der Waals surface area (Å²) in [6, 6.07) is 8.17. The van der Waals surface area contributed by atoms with Gasteiger partial charge < -0.3 is 20.3 Å². The molecule has 0 aromatic heterocycles. The van der Waals surface area contributed by atoms with Crippen LogP contribution in [0.1, 0.15) is 25.8 Å². The molecule has 1 amide bonds. The van der Waals surface area contributed by atoms with E-state index in [1.807, 2.05) is 23.1 Å². The van der Waals surface area contributed by atoms with Crippen molar-refractivity contribution in [2.45, 2.75) is 32.2 Å². The molecule has 28 heavy (non-hydrogen) atoms. The molecule has 0 spiro atoms. The average Bonchev–Trinajstić information content (AvgIpc) is 2.74. The smallest absolute Gasteiger partial charge is 0.246 e. The predicted octanol–water partition coefficient (Wildman–Crippen LogP) is 1.24. The van der Waals surface area contributed by atoms with Crippen molar-refractivity contribution in [2.75, 3.05) is 57.9 Å². The molecule has 2 N–H and O–H groups in total. The lowest BCUT2D eigenvalue weighted by Gasteiger charge is -2.41. The van der Waals surface area contributed by atoms with E-state index in [1.165, 1.54) is 5.56 Å². The van der Waals surface area contributed by atoms with E-state index in [1.54, 1.807) is 7.05 Å². The van der Waals surface area contributed by atoms with Crippen molar-refractivity contribution in [1.29, 1.82) is 0 Å². The minimum Gasteiger partial charge on any atom is -0.379 e. The normalized spacial score (nSPS) is 18.5. The monoisotopic (exact) mass is 387 g/mol. The molecule has 7 nitrogen and oxygen atoms in total. The Morgan fingerprint density at radius 3 is 2.68 bits per heavy atom. The number of anilines is 1. The van der Waals surface area contributed by atoms with Gasteiger partial charge in [0.15, 0.2) is 5.96 Å². The summed E-state index contributed by atoms with van der Waals surface area (Å²) < 4.78 is 5.45. The summed E-state index contributed by atoms with van der Waals surface area (Å²) in [4.78, 5) is 21.4. The van der Waals surface area contributed by atoms with Gasteiger partial charge in [0.2, 0.25) is 5.91 Å². The van der Waals surface area contributed by atoms with Gasteiger partial charge in [0.25, 0.3) is 0 Å². The quantitative estimate of drug-likeness (QED) is 0.588. The number of nitrogens with one attached hydrogen (secondary N) is 2. The van der Waals surface area contributed by atoms with Gasteiger partial charge in [-0.15, -0.1) is 0 Å². The number of guanidine groups is 1. The van der Waals surface area contributed by atoms with E-state index < -0.39 is 0 Å². The van der Waals surface area contributed by atoms with Crippen molar-refractivity contribution < 1.29 is 9.53 Å². The van der Waals surface area contributed by atoms with Crippen LogP contribution in [-0.4, -0.2) is 75.3 Å². The van der Waals surface area contributed by atoms with Gasteiger partial charge >= 0.3 is 0 Å². The topological polar surface area (TPSA) is 69.2 Å². The Hall–Kier alpha value is -2.12. The maximum atomic E-state index is 12.8. The second-order valence-electron chi connectivity index (χ2n) is 7.97. The highest BCUT2D eigenvalue weighted by atomic mass is 16.5. The summed E-state index contributed by atoms with van der Waals surface area (Å²) in [6.07, 6.45) is 2.04. The number of aliphatic imine (C=N–C) groups is 1. The van der Waals surface area contributed by atoms with Crippen LogP contribution in [0.5, 0.6) is 0 Å². The van der Waals surface area contributed by atoms with E-state index in [2.05, 4.69) is 40.4 Å². The molecule has 1 fully saturated rings. The van der Waals surface area contributed by atoms with Crippen LogP contribution in [0.25, 0.3) is 0 Å². The van der Waals surface area contributed by atoms with Crippen LogP contribution in [0, 0.1) is 0 Å². The summed E-state index contributed by atoms with van der Waals surface area (Å²) in [5.41, 5.74) is 2.27. The first-order valence-corrected chi connectivity index (χ1v) is 10.2. The number of hydrogen-bond acceptors (Lipinski definition) is 4. The first-order chi connectivity index (χ1) is 13.5. The van der Waals surface area contributed by atoms with Crippen molar-refractivity contribution in [1.82, 2.24) is 15.5 Å². The van der Waals surface area contributed by atoms with Gasteiger partial charge in [-0.05, 0) is 38.3 Å². The van der Waals surface area contributed by atoms with Gasteiger partial charge in [0, 0.05) is 44.5 Å². The number of fused-ring (bicyclic) bond motifs is 1. The summed E-state index contributed by atoms with van der Waals surface area (Å²) in [5.74, 6) is 0.725. The number of benzene rings is 1. The van der Waals surface area contributed by atoms with Crippen LogP contribution >= 0.6 is 0 Å². The van der Waals surface area contributed by atoms with Crippen molar-refractivity contribution in [3.8, 4) is 0 Å². The third-order valence-corrected chi connectivity index (χ3v) is 5.60. The molecule has 1 saturated heterocycles. The maximum absolute atomic E-state index is 12.8. The Balaban J connectivity index is 1.51. The largest absolute Gasteiger partial charge is 0.379 e. The minimum atomic E-state index is -0.0166. The number of ether oxygens (including phenoxy) is 1. The summed E-state index contributed by atoms with van der Waals surface area (Å²) in [6.45, 7) is 9.61. The van der Waals surface area contributed by atoms with E-state index in [9.17, 15) is 4.79 Å². The van der Waals surface area contributed by atoms with E-state index >= 15 is 0 Å². The number of para-hydroxylation sites is 1. The van der Waals surface area contributed by atoms with Gasteiger partial charge in [-0.25, -0.2) is 0 Å². The van der Waals surface area contributed by atoms with Crippen molar-refractivity contribution in [2.24, 2.45) is 4.99 Å². The molecule has 0 bridgehead atoms. The predicted molar refractivity (Wildman–Crippen MR) is 113 cm³/mol. The molecule has 0 radical (unpaired) electrons. The number of carbonyl (C=O) groups is 1. The first-order valence-electron chi connectivity index (χ1n) is 10.2. The van der Waals surface area contributed by atoms with Crippen LogP contribution in [0.4, 0.5) is 5.69 Å². The van der Waals surface area contributed by atoms with Crippen LogP contribution in [-0.2, 0) is 16.0 Å². The molecule has 154 valence electrons. The van der Waals surface area contributed by atoms with Crippen molar-refractivity contribution >= 4 is 17.6 Å². The van der Waals surface area contributed by atoms with Crippen LogP contribution in [0.15, 0.2) is 29.3 Å². The fraction of sp³-hybridized carbons (Fsp3) is 0.619. The molecule has 2 heterocycles. The molecule has 0 unspecified atom stereocenters. The Kier molecular flexibility index (Phi) is 6.91. The summed E-state index contributed by atoms with van der Waals surface area (Å²) in [7, 11) is 1.73. The Bertz CT molecular complexity index is 698. The third-order valence-electron chi connectivity index (χ3n) is 5.60. The molecule has 2 aliphatic rings. The molecular weight excluding hydrogens is 354 g/mol. The highest BCUT2D eigenvalue weighted by Crippen LogP contribution is 2.26. The zero-order valence-electron chi connectivity index (χ0n) is 17.3. The number of amides is 1. The number of morpholine rings is 1. The fourth-order valence-electron chi connectivity index (χ4n) is 3.85. The number of nitrogens with zero attached hydrogens (tertiary/aromatic N) is 3. The first kappa shape index (κ1) is 20.6. The standard InChI is InChI=1S/C21H33N5O2/c1-21(2,25-11-13-28-14-12-25)16-24-20(22-3)23-15-19(27)26-10-6-8-17-7-4-5-9-18(17)26/h4-5,7,9H,6,8,10-16H2,1-3H3,(H2,22,23,24). The van der Waals surface area contributed by atoms with Crippen molar-refractivity contribution in [3.63, 3.8) is 0 Å². The van der Waals surface area contributed by atoms with E-state index in [0.717, 1.165) is 57.9 Å². The highest BCUT2D eigenvalue weighted by molar-refractivity contribution is 5.98. The molecule has 1 aromatic rings. The number of rotatable bonds is 5. The Morgan fingerprint density at radius 2 is 1.93 bits per heavy atom. The Labute approximate surface area is 168 Å². The molecule has 0 saturated carbocycles. The van der Waals surface area contributed by atoms with E-state index in [-0.39, 0.29) is 18.0 Å². The molecule has 2 aliphatic heterocycles.